The zero-order chi connectivity index (χ0) is 15.6. The predicted molar refractivity (Wildman–Crippen MR) is 73.4 cm³/mol. The van der Waals surface area contributed by atoms with Crippen LogP contribution in [0, 0.1) is 5.82 Å². The molecule has 4 nitrogen and oxygen atoms in total. The van der Waals surface area contributed by atoms with Crippen LogP contribution >= 0.6 is 15.9 Å². The number of carbonyl (C=O) groups is 1. The van der Waals surface area contributed by atoms with Crippen LogP contribution in [0.25, 0.3) is 0 Å². The molecule has 0 radical (unpaired) electrons. The monoisotopic (exact) mass is 361 g/mol. The number of rotatable bonds is 4. The number of alkyl halides is 2. The number of carbonyl (C=O) groups excluding carboxylic acids is 1. The zero-order valence-electron chi connectivity index (χ0n) is 10.9. The third-order valence-electron chi connectivity index (χ3n) is 2.84. The van der Waals surface area contributed by atoms with Gasteiger partial charge in [-0.05, 0) is 18.2 Å². The van der Waals surface area contributed by atoms with Crippen molar-refractivity contribution in [1.29, 1.82) is 0 Å². The minimum atomic E-state index is -2.74. The second-order valence-electron chi connectivity index (χ2n) is 4.31. The standard InChI is InChI=1S/C13H11BrF3N3O/c1-19(7-11-18-4-5-20(11)13(16)17)12(21)9-6-8(14)2-3-10(9)15/h2-6,13H,7H2,1H3. The van der Waals surface area contributed by atoms with Crippen molar-refractivity contribution in [2.75, 3.05) is 7.05 Å². The molecule has 0 fully saturated rings. The molecule has 0 saturated heterocycles. The maximum Gasteiger partial charge on any atom is 0.319 e. The van der Waals surface area contributed by atoms with Gasteiger partial charge in [-0.25, -0.2) is 9.37 Å². The third kappa shape index (κ3) is 3.44. The smallest absolute Gasteiger partial charge is 0.319 e. The molecule has 1 aromatic heterocycles. The van der Waals surface area contributed by atoms with Crippen molar-refractivity contribution in [1.82, 2.24) is 14.5 Å². The van der Waals surface area contributed by atoms with E-state index in [0.717, 1.165) is 17.2 Å². The lowest BCUT2D eigenvalue weighted by atomic mass is 10.2. The highest BCUT2D eigenvalue weighted by Crippen LogP contribution is 2.18. The van der Waals surface area contributed by atoms with Crippen LogP contribution < -0.4 is 0 Å². The van der Waals surface area contributed by atoms with Crippen LogP contribution in [0.2, 0.25) is 0 Å². The number of aromatic nitrogens is 2. The molecule has 0 bridgehead atoms. The minimum absolute atomic E-state index is 0.0243. The van der Waals surface area contributed by atoms with Crippen molar-refractivity contribution < 1.29 is 18.0 Å². The topological polar surface area (TPSA) is 38.1 Å². The number of imidazole rings is 1. The molecule has 2 rings (SSSR count). The van der Waals surface area contributed by atoms with E-state index >= 15 is 0 Å². The van der Waals surface area contributed by atoms with E-state index in [0.29, 0.717) is 9.04 Å². The van der Waals surface area contributed by atoms with E-state index in [2.05, 4.69) is 20.9 Å². The SMILES string of the molecule is CN(Cc1nccn1C(F)F)C(=O)c1cc(Br)ccc1F. The van der Waals surface area contributed by atoms with E-state index < -0.39 is 18.3 Å². The number of hydrogen-bond acceptors (Lipinski definition) is 2. The molecule has 1 amide bonds. The van der Waals surface area contributed by atoms with E-state index in [1.54, 1.807) is 0 Å². The van der Waals surface area contributed by atoms with Gasteiger partial charge in [-0.2, -0.15) is 8.78 Å². The summed E-state index contributed by atoms with van der Waals surface area (Å²) in [6, 6.07) is 3.97. The molecular weight excluding hydrogens is 351 g/mol. The molecule has 21 heavy (non-hydrogen) atoms. The molecule has 0 unspecified atom stereocenters. The van der Waals surface area contributed by atoms with E-state index in [4.69, 9.17) is 0 Å². The molecule has 2 aromatic rings. The molecule has 8 heteroatoms. The summed E-state index contributed by atoms with van der Waals surface area (Å²) in [5.41, 5.74) is -0.137. The first kappa shape index (κ1) is 15.6. The summed E-state index contributed by atoms with van der Waals surface area (Å²) in [7, 11) is 1.40. The highest BCUT2D eigenvalue weighted by atomic mass is 79.9. The van der Waals surface area contributed by atoms with Crippen molar-refractivity contribution in [3.63, 3.8) is 0 Å². The van der Waals surface area contributed by atoms with Crippen LogP contribution in [0.1, 0.15) is 22.7 Å². The van der Waals surface area contributed by atoms with Gasteiger partial charge in [0.1, 0.15) is 11.6 Å². The van der Waals surface area contributed by atoms with Crippen molar-refractivity contribution >= 4 is 21.8 Å². The molecule has 1 aromatic carbocycles. The average molecular weight is 362 g/mol. The van der Waals surface area contributed by atoms with Gasteiger partial charge in [0.25, 0.3) is 5.91 Å². The maximum absolute atomic E-state index is 13.7. The molecule has 0 atom stereocenters. The summed E-state index contributed by atoms with van der Waals surface area (Å²) < 4.78 is 40.3. The van der Waals surface area contributed by atoms with E-state index in [9.17, 15) is 18.0 Å². The van der Waals surface area contributed by atoms with Crippen molar-refractivity contribution in [2.24, 2.45) is 0 Å². The van der Waals surface area contributed by atoms with Gasteiger partial charge in [0.05, 0.1) is 12.1 Å². The van der Waals surface area contributed by atoms with Crippen LogP contribution in [0.15, 0.2) is 35.1 Å². The van der Waals surface area contributed by atoms with Crippen LogP contribution in [0.4, 0.5) is 13.2 Å². The summed E-state index contributed by atoms with van der Waals surface area (Å²) in [6.45, 7) is -2.89. The van der Waals surface area contributed by atoms with Crippen LogP contribution in [-0.2, 0) is 6.54 Å². The number of nitrogens with zero attached hydrogens (tertiary/aromatic N) is 3. The lowest BCUT2D eigenvalue weighted by molar-refractivity contribution is 0.0611. The molecule has 112 valence electrons. The van der Waals surface area contributed by atoms with Gasteiger partial charge in [-0.1, -0.05) is 15.9 Å². The van der Waals surface area contributed by atoms with Gasteiger partial charge in [-0.3, -0.25) is 9.36 Å². The van der Waals surface area contributed by atoms with Gasteiger partial charge < -0.3 is 4.90 Å². The summed E-state index contributed by atoms with van der Waals surface area (Å²) >= 11 is 3.15. The molecule has 0 N–H and O–H groups in total. The minimum Gasteiger partial charge on any atom is -0.334 e. The Morgan fingerprint density at radius 2 is 2.19 bits per heavy atom. The normalized spacial score (nSPS) is 11.0. The molecular formula is C13H11BrF3N3O. The molecule has 0 aliphatic heterocycles. The average Bonchev–Trinajstić information content (AvgIpc) is 2.89. The van der Waals surface area contributed by atoms with Crippen LogP contribution in [0.3, 0.4) is 0 Å². The van der Waals surface area contributed by atoms with Crippen molar-refractivity contribution in [2.45, 2.75) is 13.1 Å². The first-order chi connectivity index (χ1) is 9.90. The van der Waals surface area contributed by atoms with E-state index in [1.165, 1.54) is 25.4 Å². The highest BCUT2D eigenvalue weighted by molar-refractivity contribution is 9.10. The fourth-order valence-electron chi connectivity index (χ4n) is 1.80. The van der Waals surface area contributed by atoms with Gasteiger partial charge in [-0.15, -0.1) is 0 Å². The molecule has 0 aliphatic carbocycles. The maximum atomic E-state index is 13.7. The Morgan fingerprint density at radius 1 is 1.48 bits per heavy atom. The Balaban J connectivity index is 2.20. The molecule has 0 spiro atoms. The second kappa shape index (κ2) is 6.30. The fourth-order valence-corrected chi connectivity index (χ4v) is 2.16. The van der Waals surface area contributed by atoms with Crippen molar-refractivity contribution in [3.05, 3.63) is 52.3 Å². The van der Waals surface area contributed by atoms with Gasteiger partial charge >= 0.3 is 6.55 Å². The quantitative estimate of drug-likeness (QED) is 0.836. The van der Waals surface area contributed by atoms with Gasteiger partial charge in [0.2, 0.25) is 0 Å². The van der Waals surface area contributed by atoms with E-state index in [-0.39, 0.29) is 17.9 Å². The first-order valence-electron chi connectivity index (χ1n) is 5.90. The molecule has 0 saturated carbocycles. The summed E-state index contributed by atoms with van der Waals surface area (Å²) in [6.07, 6.45) is 2.34. The second-order valence-corrected chi connectivity index (χ2v) is 5.23. The van der Waals surface area contributed by atoms with E-state index in [1.807, 2.05) is 0 Å². The van der Waals surface area contributed by atoms with Crippen LogP contribution in [0.5, 0.6) is 0 Å². The van der Waals surface area contributed by atoms with Crippen molar-refractivity contribution in [3.8, 4) is 0 Å². The Kier molecular flexibility index (Phi) is 4.66. The van der Waals surface area contributed by atoms with Crippen LogP contribution in [-0.4, -0.2) is 27.4 Å². The summed E-state index contributed by atoms with van der Waals surface area (Å²) in [5, 5.41) is 0. The molecule has 1 heterocycles. The van der Waals surface area contributed by atoms with Gasteiger partial charge in [0.15, 0.2) is 0 Å². The van der Waals surface area contributed by atoms with Gasteiger partial charge in [0, 0.05) is 23.9 Å². The largest absolute Gasteiger partial charge is 0.334 e. The third-order valence-corrected chi connectivity index (χ3v) is 3.34. The number of halogens is 4. The highest BCUT2D eigenvalue weighted by Gasteiger charge is 2.20. The molecule has 0 aliphatic rings. The first-order valence-corrected chi connectivity index (χ1v) is 6.70. The Morgan fingerprint density at radius 3 is 2.86 bits per heavy atom. The summed E-state index contributed by atoms with van der Waals surface area (Å²) in [5.74, 6) is -1.26. The Hall–Kier alpha value is -1.83. The number of amides is 1. The number of hydrogen-bond donors (Lipinski definition) is 0. The number of benzene rings is 1. The Bertz CT molecular complexity index is 660. The fraction of sp³-hybridized carbons (Fsp3) is 0.231. The summed E-state index contributed by atoms with van der Waals surface area (Å²) in [4.78, 5) is 17.1. The lowest BCUT2D eigenvalue weighted by Crippen LogP contribution is -2.28. The zero-order valence-corrected chi connectivity index (χ0v) is 12.5. The Labute approximate surface area is 127 Å². The lowest BCUT2D eigenvalue weighted by Gasteiger charge is -2.18. The predicted octanol–water partition coefficient (Wildman–Crippen LogP) is 3.45.